The van der Waals surface area contributed by atoms with Crippen LogP contribution < -0.4 is 0 Å². The van der Waals surface area contributed by atoms with Gasteiger partial charge in [0.15, 0.2) is 0 Å². The van der Waals surface area contributed by atoms with Crippen molar-refractivity contribution in [2.75, 3.05) is 0 Å². The largest absolute Gasteiger partial charge is 0.198 e. The minimum absolute atomic E-state index is 0.416. The standard InChI is InChI=1S/C10H8N2.C6H6/c11-6-4-9-2-1-3-10(8-9)5-7-12;1-2-4-6-5-3-1/h1-3,8H,4-5H2;1-6H. The van der Waals surface area contributed by atoms with E-state index in [0.717, 1.165) is 11.1 Å². The first-order chi connectivity index (χ1) is 8.86. The third-order valence-electron chi connectivity index (χ3n) is 2.22. The highest BCUT2D eigenvalue weighted by Crippen LogP contribution is 2.05. The first kappa shape index (κ1) is 13.5. The minimum Gasteiger partial charge on any atom is -0.198 e. The van der Waals surface area contributed by atoms with Gasteiger partial charge in [0, 0.05) is 0 Å². The highest BCUT2D eigenvalue weighted by atomic mass is 14.2. The fourth-order valence-corrected chi connectivity index (χ4v) is 1.42. The van der Waals surface area contributed by atoms with Crippen molar-refractivity contribution in [1.29, 1.82) is 10.5 Å². The summed E-state index contributed by atoms with van der Waals surface area (Å²) in [4.78, 5) is 0. The molecule has 18 heavy (non-hydrogen) atoms. The summed E-state index contributed by atoms with van der Waals surface area (Å²) in [5.74, 6) is 0. The zero-order valence-corrected chi connectivity index (χ0v) is 10.1. The highest BCUT2D eigenvalue weighted by molar-refractivity contribution is 5.27. The van der Waals surface area contributed by atoms with Gasteiger partial charge in [-0.3, -0.25) is 0 Å². The number of rotatable bonds is 2. The molecule has 2 rings (SSSR count). The van der Waals surface area contributed by atoms with E-state index in [4.69, 9.17) is 10.5 Å². The second-order valence-corrected chi connectivity index (χ2v) is 3.64. The lowest BCUT2D eigenvalue weighted by Gasteiger charge is -1.96. The fourth-order valence-electron chi connectivity index (χ4n) is 1.42. The Balaban J connectivity index is 0.000000225. The van der Waals surface area contributed by atoms with Gasteiger partial charge in [0.2, 0.25) is 0 Å². The lowest BCUT2D eigenvalue weighted by atomic mass is 10.1. The van der Waals surface area contributed by atoms with Crippen molar-refractivity contribution in [3.8, 4) is 12.1 Å². The van der Waals surface area contributed by atoms with E-state index in [2.05, 4.69) is 12.1 Å². The summed E-state index contributed by atoms with van der Waals surface area (Å²) in [6.07, 6.45) is 0.832. The van der Waals surface area contributed by atoms with E-state index in [0.29, 0.717) is 12.8 Å². The second kappa shape index (κ2) is 8.56. The average molecular weight is 234 g/mol. The van der Waals surface area contributed by atoms with Crippen molar-refractivity contribution >= 4 is 0 Å². The number of hydrogen-bond donors (Lipinski definition) is 0. The van der Waals surface area contributed by atoms with Gasteiger partial charge >= 0.3 is 0 Å². The van der Waals surface area contributed by atoms with Crippen molar-refractivity contribution in [3.63, 3.8) is 0 Å². The number of hydrogen-bond acceptors (Lipinski definition) is 2. The highest BCUT2D eigenvalue weighted by Gasteiger charge is 1.93. The molecule has 0 saturated heterocycles. The van der Waals surface area contributed by atoms with Crippen molar-refractivity contribution < 1.29 is 0 Å². The zero-order chi connectivity index (χ0) is 13.1. The first-order valence-corrected chi connectivity index (χ1v) is 5.68. The first-order valence-electron chi connectivity index (χ1n) is 5.68. The van der Waals surface area contributed by atoms with E-state index in [1.54, 1.807) is 0 Å². The molecule has 0 aliphatic heterocycles. The topological polar surface area (TPSA) is 47.6 Å². The molecule has 0 amide bonds. The zero-order valence-electron chi connectivity index (χ0n) is 10.1. The predicted molar refractivity (Wildman–Crippen MR) is 71.5 cm³/mol. The Morgan fingerprint density at radius 1 is 0.667 bits per heavy atom. The summed E-state index contributed by atoms with van der Waals surface area (Å²) in [6.45, 7) is 0. The van der Waals surface area contributed by atoms with Crippen LogP contribution in [0, 0.1) is 22.7 Å². The van der Waals surface area contributed by atoms with Crippen molar-refractivity contribution in [2.24, 2.45) is 0 Å². The molecule has 2 aromatic rings. The smallest absolute Gasteiger partial charge is 0.0669 e. The van der Waals surface area contributed by atoms with E-state index in [9.17, 15) is 0 Å². The van der Waals surface area contributed by atoms with E-state index in [1.165, 1.54) is 0 Å². The molecular formula is C16H14N2. The molecular weight excluding hydrogens is 220 g/mol. The van der Waals surface area contributed by atoms with Gasteiger partial charge in [-0.25, -0.2) is 0 Å². The number of nitriles is 2. The van der Waals surface area contributed by atoms with Crippen molar-refractivity contribution in [1.82, 2.24) is 0 Å². The van der Waals surface area contributed by atoms with Gasteiger partial charge in [-0.2, -0.15) is 10.5 Å². The van der Waals surface area contributed by atoms with Gasteiger partial charge in [-0.1, -0.05) is 60.7 Å². The maximum absolute atomic E-state index is 8.43. The third kappa shape index (κ3) is 5.49. The lowest BCUT2D eigenvalue weighted by molar-refractivity contribution is 1.20. The van der Waals surface area contributed by atoms with Gasteiger partial charge in [0.1, 0.15) is 0 Å². The molecule has 0 fully saturated rings. The molecule has 0 radical (unpaired) electrons. The molecule has 0 atom stereocenters. The van der Waals surface area contributed by atoms with Crippen LogP contribution in [0.2, 0.25) is 0 Å². The van der Waals surface area contributed by atoms with Gasteiger partial charge in [-0.05, 0) is 11.1 Å². The molecule has 88 valence electrons. The van der Waals surface area contributed by atoms with Crippen molar-refractivity contribution in [2.45, 2.75) is 12.8 Å². The Morgan fingerprint density at radius 3 is 1.39 bits per heavy atom. The van der Waals surface area contributed by atoms with Crippen LogP contribution in [-0.4, -0.2) is 0 Å². The molecule has 0 spiro atoms. The van der Waals surface area contributed by atoms with Crippen LogP contribution in [0.4, 0.5) is 0 Å². The van der Waals surface area contributed by atoms with Gasteiger partial charge in [-0.15, -0.1) is 0 Å². The molecule has 2 heteroatoms. The van der Waals surface area contributed by atoms with E-state index in [-0.39, 0.29) is 0 Å². The van der Waals surface area contributed by atoms with Gasteiger partial charge in [0.05, 0.1) is 25.0 Å². The molecule has 0 unspecified atom stereocenters. The number of benzene rings is 2. The summed E-state index contributed by atoms with van der Waals surface area (Å²) in [5.41, 5.74) is 1.95. The van der Waals surface area contributed by atoms with Gasteiger partial charge < -0.3 is 0 Å². The van der Waals surface area contributed by atoms with E-state index < -0.39 is 0 Å². The predicted octanol–water partition coefficient (Wildman–Crippen LogP) is 3.51. The Hall–Kier alpha value is -2.58. The summed E-state index contributed by atoms with van der Waals surface area (Å²) in [5, 5.41) is 16.9. The van der Waals surface area contributed by atoms with Crippen LogP contribution in [0.5, 0.6) is 0 Å². The average Bonchev–Trinajstić information content (AvgIpc) is 2.43. The van der Waals surface area contributed by atoms with E-state index in [1.807, 2.05) is 60.7 Å². The summed E-state index contributed by atoms with van der Waals surface area (Å²) >= 11 is 0. The van der Waals surface area contributed by atoms with Gasteiger partial charge in [0.25, 0.3) is 0 Å². The fraction of sp³-hybridized carbons (Fsp3) is 0.125. The molecule has 0 bridgehead atoms. The minimum atomic E-state index is 0.416. The van der Waals surface area contributed by atoms with Crippen LogP contribution in [-0.2, 0) is 12.8 Å². The van der Waals surface area contributed by atoms with Crippen molar-refractivity contribution in [3.05, 3.63) is 71.8 Å². The quantitative estimate of drug-likeness (QED) is 0.798. The normalized spacial score (nSPS) is 8.33. The molecule has 0 aromatic heterocycles. The Morgan fingerprint density at radius 2 is 1.06 bits per heavy atom. The van der Waals surface area contributed by atoms with Crippen LogP contribution >= 0.6 is 0 Å². The molecule has 0 aliphatic rings. The molecule has 0 saturated carbocycles. The Labute approximate surface area is 108 Å². The Bertz CT molecular complexity index is 475. The SMILES string of the molecule is N#CCc1cccc(CC#N)c1.c1ccccc1. The number of nitrogens with zero attached hydrogens (tertiary/aromatic N) is 2. The summed E-state index contributed by atoms with van der Waals surface area (Å²) in [7, 11) is 0. The summed E-state index contributed by atoms with van der Waals surface area (Å²) < 4.78 is 0. The van der Waals surface area contributed by atoms with Crippen LogP contribution in [0.1, 0.15) is 11.1 Å². The summed E-state index contributed by atoms with van der Waals surface area (Å²) in [6, 6.07) is 23.7. The maximum atomic E-state index is 8.43. The van der Waals surface area contributed by atoms with E-state index >= 15 is 0 Å². The molecule has 0 heterocycles. The molecule has 2 aromatic carbocycles. The third-order valence-corrected chi connectivity index (χ3v) is 2.22. The molecule has 2 nitrogen and oxygen atoms in total. The van der Waals surface area contributed by atoms with Crippen LogP contribution in [0.15, 0.2) is 60.7 Å². The van der Waals surface area contributed by atoms with Crippen LogP contribution in [0.25, 0.3) is 0 Å². The maximum Gasteiger partial charge on any atom is 0.0669 e. The van der Waals surface area contributed by atoms with Crippen LogP contribution in [0.3, 0.4) is 0 Å². The molecule has 0 N–H and O–H groups in total. The molecule has 0 aliphatic carbocycles. The second-order valence-electron chi connectivity index (χ2n) is 3.64. The monoisotopic (exact) mass is 234 g/mol. The Kier molecular flexibility index (Phi) is 6.41. The lowest BCUT2D eigenvalue weighted by Crippen LogP contribution is -1.85.